The average Bonchev–Trinajstić information content (AvgIpc) is 2.18. The number of aromatic nitrogens is 1. The van der Waals surface area contributed by atoms with E-state index in [0.29, 0.717) is 0 Å². The van der Waals surface area contributed by atoms with Crippen LogP contribution in [0.4, 0.5) is 0 Å². The maximum absolute atomic E-state index is 7.32. The molecular formula is C11H16N2. The fraction of sp³-hybridized carbons (Fsp3) is 0.455. The lowest BCUT2D eigenvalue weighted by Gasteiger charge is -1.95. The van der Waals surface area contributed by atoms with Gasteiger partial charge in [0.25, 0.3) is 0 Å². The Morgan fingerprint density at radius 1 is 1.46 bits per heavy atom. The summed E-state index contributed by atoms with van der Waals surface area (Å²) in [4.78, 5) is 4.22. The molecule has 0 bridgehead atoms. The van der Waals surface area contributed by atoms with E-state index in [1.165, 1.54) is 25.5 Å². The molecule has 0 saturated heterocycles. The van der Waals surface area contributed by atoms with Crippen molar-refractivity contribution in [2.75, 3.05) is 0 Å². The van der Waals surface area contributed by atoms with E-state index in [2.05, 4.69) is 18.0 Å². The van der Waals surface area contributed by atoms with Crippen LogP contribution in [0.15, 0.2) is 24.4 Å². The van der Waals surface area contributed by atoms with Crippen LogP contribution < -0.4 is 0 Å². The van der Waals surface area contributed by atoms with Crippen LogP contribution in [0.5, 0.6) is 0 Å². The zero-order chi connectivity index (χ0) is 9.94. The smallest absolute Gasteiger partial charge is 0.0587 e. The summed E-state index contributed by atoms with van der Waals surface area (Å²) in [5.74, 6) is 0. The maximum atomic E-state index is 7.32. The van der Waals surface area contributed by atoms with Crippen molar-refractivity contribution in [1.29, 1.82) is 5.26 Å². The Hall–Kier alpha value is -1.36. The first-order valence-corrected chi connectivity index (χ1v) is 4.55. The quantitative estimate of drug-likeness (QED) is 0.710. The molecule has 2 heteroatoms. The summed E-state index contributed by atoms with van der Waals surface area (Å²) in [6.45, 7) is 3.63. The lowest BCUT2D eigenvalue weighted by molar-refractivity contribution is 0.777. The SMILES string of the molecule is CC#N.CCCCc1ccccn1. The van der Waals surface area contributed by atoms with Gasteiger partial charge in [0.05, 0.1) is 6.07 Å². The molecule has 0 unspecified atom stereocenters. The fourth-order valence-corrected chi connectivity index (χ4v) is 0.904. The highest BCUT2D eigenvalue weighted by Gasteiger charge is 1.88. The molecule has 0 radical (unpaired) electrons. The number of nitrogens with zero attached hydrogens (tertiary/aromatic N) is 2. The maximum Gasteiger partial charge on any atom is 0.0587 e. The van der Waals surface area contributed by atoms with Crippen molar-refractivity contribution in [1.82, 2.24) is 4.98 Å². The van der Waals surface area contributed by atoms with Gasteiger partial charge in [-0.05, 0) is 25.0 Å². The van der Waals surface area contributed by atoms with Crippen molar-refractivity contribution >= 4 is 0 Å². The highest BCUT2D eigenvalue weighted by Crippen LogP contribution is 1.99. The predicted molar refractivity (Wildman–Crippen MR) is 54.1 cm³/mol. The number of aryl methyl sites for hydroxylation is 1. The summed E-state index contributed by atoms with van der Waals surface area (Å²) in [6.07, 6.45) is 5.47. The molecular weight excluding hydrogens is 160 g/mol. The highest BCUT2D eigenvalue weighted by atomic mass is 14.7. The van der Waals surface area contributed by atoms with E-state index < -0.39 is 0 Å². The van der Waals surface area contributed by atoms with E-state index in [4.69, 9.17) is 5.26 Å². The molecule has 1 rings (SSSR count). The van der Waals surface area contributed by atoms with Crippen molar-refractivity contribution in [2.45, 2.75) is 33.1 Å². The molecule has 0 fully saturated rings. The first-order chi connectivity index (χ1) is 6.35. The Morgan fingerprint density at radius 3 is 2.62 bits per heavy atom. The zero-order valence-corrected chi connectivity index (χ0v) is 8.33. The molecule has 1 aromatic rings. The Bertz CT molecular complexity index is 236. The summed E-state index contributed by atoms with van der Waals surface area (Å²) >= 11 is 0. The van der Waals surface area contributed by atoms with Crippen LogP contribution in [-0.2, 0) is 6.42 Å². The molecule has 2 nitrogen and oxygen atoms in total. The third kappa shape index (κ3) is 7.02. The largest absolute Gasteiger partial charge is 0.261 e. The molecule has 0 aromatic carbocycles. The summed E-state index contributed by atoms with van der Waals surface area (Å²) in [7, 11) is 0. The van der Waals surface area contributed by atoms with Gasteiger partial charge in [0.1, 0.15) is 0 Å². The van der Waals surface area contributed by atoms with E-state index in [0.717, 1.165) is 6.42 Å². The van der Waals surface area contributed by atoms with E-state index in [9.17, 15) is 0 Å². The minimum Gasteiger partial charge on any atom is -0.261 e. The van der Waals surface area contributed by atoms with Crippen molar-refractivity contribution in [2.24, 2.45) is 0 Å². The number of hydrogen-bond donors (Lipinski definition) is 0. The van der Waals surface area contributed by atoms with Gasteiger partial charge in [-0.3, -0.25) is 4.98 Å². The molecule has 13 heavy (non-hydrogen) atoms. The second-order valence-electron chi connectivity index (χ2n) is 2.65. The van der Waals surface area contributed by atoms with Gasteiger partial charge >= 0.3 is 0 Å². The summed E-state index contributed by atoms with van der Waals surface area (Å²) in [5, 5.41) is 7.32. The third-order valence-electron chi connectivity index (χ3n) is 1.51. The fourth-order valence-electron chi connectivity index (χ4n) is 0.904. The molecule has 1 heterocycles. The van der Waals surface area contributed by atoms with Gasteiger partial charge in [0.15, 0.2) is 0 Å². The molecule has 70 valence electrons. The van der Waals surface area contributed by atoms with Crippen molar-refractivity contribution in [3.05, 3.63) is 30.1 Å². The van der Waals surface area contributed by atoms with Crippen LogP contribution in [0.25, 0.3) is 0 Å². The first kappa shape index (κ1) is 11.6. The predicted octanol–water partition coefficient (Wildman–Crippen LogP) is 2.95. The van der Waals surface area contributed by atoms with Gasteiger partial charge < -0.3 is 0 Å². The van der Waals surface area contributed by atoms with E-state index >= 15 is 0 Å². The van der Waals surface area contributed by atoms with Crippen LogP contribution in [0.1, 0.15) is 32.4 Å². The lowest BCUT2D eigenvalue weighted by atomic mass is 10.2. The number of hydrogen-bond acceptors (Lipinski definition) is 2. The first-order valence-electron chi connectivity index (χ1n) is 4.55. The Balaban J connectivity index is 0.000000424. The Morgan fingerprint density at radius 2 is 2.15 bits per heavy atom. The summed E-state index contributed by atoms with van der Waals surface area (Å²) in [5.41, 5.74) is 1.21. The van der Waals surface area contributed by atoms with Gasteiger partial charge in [0.2, 0.25) is 0 Å². The highest BCUT2D eigenvalue weighted by molar-refractivity contribution is 5.03. The molecule has 0 spiro atoms. The second-order valence-corrected chi connectivity index (χ2v) is 2.65. The van der Waals surface area contributed by atoms with E-state index in [1.54, 1.807) is 6.07 Å². The van der Waals surface area contributed by atoms with Crippen LogP contribution >= 0.6 is 0 Å². The van der Waals surface area contributed by atoms with Crippen LogP contribution in [0.2, 0.25) is 0 Å². The summed E-state index contributed by atoms with van der Waals surface area (Å²) < 4.78 is 0. The Kier molecular flexibility index (Phi) is 7.82. The molecule has 0 aliphatic rings. The minimum atomic E-state index is 1.12. The van der Waals surface area contributed by atoms with E-state index in [-0.39, 0.29) is 0 Å². The van der Waals surface area contributed by atoms with Gasteiger partial charge in [-0.2, -0.15) is 5.26 Å². The molecule has 0 aliphatic heterocycles. The molecule has 0 saturated carbocycles. The van der Waals surface area contributed by atoms with Gasteiger partial charge in [-0.15, -0.1) is 0 Å². The van der Waals surface area contributed by atoms with Gasteiger partial charge in [-0.1, -0.05) is 19.4 Å². The Labute approximate surface area is 80.2 Å². The molecule has 0 N–H and O–H groups in total. The number of pyridine rings is 1. The summed E-state index contributed by atoms with van der Waals surface area (Å²) in [6, 6.07) is 7.82. The van der Waals surface area contributed by atoms with Crippen molar-refractivity contribution in [3.63, 3.8) is 0 Å². The standard InChI is InChI=1S/C9H13N.C2H3N/c1-2-3-6-9-7-4-5-8-10-9;1-2-3/h4-5,7-8H,2-3,6H2,1H3;1H3. The monoisotopic (exact) mass is 176 g/mol. The lowest BCUT2D eigenvalue weighted by Crippen LogP contribution is -1.86. The molecule has 1 aromatic heterocycles. The number of rotatable bonds is 3. The van der Waals surface area contributed by atoms with Gasteiger partial charge in [-0.25, -0.2) is 0 Å². The third-order valence-corrected chi connectivity index (χ3v) is 1.51. The van der Waals surface area contributed by atoms with E-state index in [1.807, 2.05) is 18.3 Å². The van der Waals surface area contributed by atoms with Crippen LogP contribution in [-0.4, -0.2) is 4.98 Å². The normalized spacial score (nSPS) is 8.08. The van der Waals surface area contributed by atoms with Crippen LogP contribution in [0.3, 0.4) is 0 Å². The number of nitriles is 1. The molecule has 0 amide bonds. The van der Waals surface area contributed by atoms with Crippen molar-refractivity contribution in [3.8, 4) is 6.07 Å². The topological polar surface area (TPSA) is 36.7 Å². The second kappa shape index (κ2) is 8.73. The average molecular weight is 176 g/mol. The van der Waals surface area contributed by atoms with Crippen molar-refractivity contribution < 1.29 is 0 Å². The zero-order valence-electron chi connectivity index (χ0n) is 8.33. The van der Waals surface area contributed by atoms with Crippen LogP contribution in [0, 0.1) is 11.3 Å². The molecule has 0 atom stereocenters. The number of unbranched alkanes of at least 4 members (excludes halogenated alkanes) is 1. The molecule has 0 aliphatic carbocycles. The minimum absolute atomic E-state index is 1.12. The van der Waals surface area contributed by atoms with Gasteiger partial charge in [0, 0.05) is 18.8 Å².